The highest BCUT2D eigenvalue weighted by Gasteiger charge is 2.42. The summed E-state index contributed by atoms with van der Waals surface area (Å²) in [6.07, 6.45) is 1.80. The van der Waals surface area contributed by atoms with Gasteiger partial charge in [-0.1, -0.05) is 24.3 Å². The van der Waals surface area contributed by atoms with E-state index in [0.717, 1.165) is 34.0 Å². The molecule has 1 aliphatic heterocycles. The average Bonchev–Trinajstić information content (AvgIpc) is 3.39. The molecule has 1 amide bonds. The minimum atomic E-state index is -0.176. The molecular weight excluding hydrogens is 482 g/mol. The zero-order valence-corrected chi connectivity index (χ0v) is 22.0. The topological polar surface area (TPSA) is 71.4 Å². The number of aromatic nitrogens is 2. The van der Waals surface area contributed by atoms with Crippen LogP contribution in [-0.2, 0) is 4.79 Å². The van der Waals surface area contributed by atoms with Crippen molar-refractivity contribution in [1.29, 1.82) is 0 Å². The number of pyridine rings is 1. The van der Waals surface area contributed by atoms with Crippen molar-refractivity contribution >= 4 is 34.6 Å². The van der Waals surface area contributed by atoms with Gasteiger partial charge < -0.3 is 24.8 Å². The molecule has 1 aliphatic rings. The summed E-state index contributed by atoms with van der Waals surface area (Å²) in [4.78, 5) is 18.7. The van der Waals surface area contributed by atoms with Gasteiger partial charge in [0.25, 0.3) is 0 Å². The Balaban J connectivity index is 1.68. The van der Waals surface area contributed by atoms with Gasteiger partial charge in [-0.15, -0.1) is 0 Å². The van der Waals surface area contributed by atoms with Crippen LogP contribution in [0.15, 0.2) is 79.0 Å². The maximum Gasteiger partial charge on any atom is 0.221 e. The number of aryl methyl sites for hydroxylation is 1. The number of benzene rings is 2. The Morgan fingerprint density at radius 2 is 1.78 bits per heavy atom. The molecule has 0 spiro atoms. The number of ether oxygens (including phenoxy) is 1. The first-order valence-electron chi connectivity index (χ1n) is 12.1. The van der Waals surface area contributed by atoms with Crippen LogP contribution in [-0.4, -0.2) is 27.7 Å². The number of anilines is 2. The van der Waals surface area contributed by atoms with E-state index < -0.39 is 0 Å². The minimum Gasteiger partial charge on any atom is -0.495 e. The van der Waals surface area contributed by atoms with Gasteiger partial charge in [-0.2, -0.15) is 0 Å². The molecule has 2 atom stereocenters. The van der Waals surface area contributed by atoms with Crippen LogP contribution in [0.25, 0.3) is 5.69 Å². The lowest BCUT2D eigenvalue weighted by molar-refractivity contribution is -0.114. The third-order valence-electron chi connectivity index (χ3n) is 6.67. The fourth-order valence-electron chi connectivity index (χ4n) is 5.14. The molecule has 1 fully saturated rings. The van der Waals surface area contributed by atoms with Crippen LogP contribution in [0.5, 0.6) is 5.75 Å². The van der Waals surface area contributed by atoms with Crippen LogP contribution in [0.1, 0.15) is 41.7 Å². The summed E-state index contributed by atoms with van der Waals surface area (Å²) >= 11 is 5.91. The number of methoxy groups -OCH3 is 1. The Bertz CT molecular complexity index is 1450. The minimum absolute atomic E-state index is 0.174. The summed E-state index contributed by atoms with van der Waals surface area (Å²) in [6.45, 7) is 5.74. The van der Waals surface area contributed by atoms with Crippen LogP contribution >= 0.6 is 12.2 Å². The van der Waals surface area contributed by atoms with Crippen LogP contribution in [0, 0.1) is 13.8 Å². The number of hydrogen-bond donors (Lipinski definition) is 2. The molecule has 3 heterocycles. The highest BCUT2D eigenvalue weighted by atomic mass is 32.1. The van der Waals surface area contributed by atoms with Crippen molar-refractivity contribution in [2.45, 2.75) is 32.9 Å². The van der Waals surface area contributed by atoms with Gasteiger partial charge in [0.1, 0.15) is 5.75 Å². The van der Waals surface area contributed by atoms with Gasteiger partial charge in [-0.05, 0) is 80.2 Å². The highest BCUT2D eigenvalue weighted by Crippen LogP contribution is 2.45. The Morgan fingerprint density at radius 1 is 1.03 bits per heavy atom. The molecule has 7 nitrogen and oxygen atoms in total. The first-order chi connectivity index (χ1) is 17.9. The van der Waals surface area contributed by atoms with Gasteiger partial charge >= 0.3 is 0 Å². The van der Waals surface area contributed by atoms with Gasteiger partial charge in [-0.3, -0.25) is 9.78 Å². The van der Waals surface area contributed by atoms with Crippen molar-refractivity contribution < 1.29 is 9.53 Å². The first-order valence-corrected chi connectivity index (χ1v) is 12.5. The summed E-state index contributed by atoms with van der Waals surface area (Å²) in [7, 11) is 1.58. The van der Waals surface area contributed by atoms with Crippen molar-refractivity contribution in [2.75, 3.05) is 17.3 Å². The van der Waals surface area contributed by atoms with Crippen LogP contribution in [0.3, 0.4) is 0 Å². The van der Waals surface area contributed by atoms with Crippen molar-refractivity contribution in [3.05, 3.63) is 102 Å². The largest absolute Gasteiger partial charge is 0.495 e. The molecule has 2 aromatic carbocycles. The number of carbonyl (C=O) groups is 1. The number of carbonyl (C=O) groups excluding carboxylic acids is 1. The number of nitrogens with zero attached hydrogens (tertiary/aromatic N) is 3. The van der Waals surface area contributed by atoms with Gasteiger partial charge in [0.2, 0.25) is 5.91 Å². The van der Waals surface area contributed by atoms with E-state index in [2.05, 4.69) is 57.1 Å². The Morgan fingerprint density at radius 3 is 2.46 bits per heavy atom. The van der Waals surface area contributed by atoms with Gasteiger partial charge in [0.05, 0.1) is 30.6 Å². The lowest BCUT2D eigenvalue weighted by Gasteiger charge is -2.29. The second-order valence-electron chi connectivity index (χ2n) is 9.06. The molecule has 4 aromatic rings. The van der Waals surface area contributed by atoms with E-state index in [9.17, 15) is 4.79 Å². The van der Waals surface area contributed by atoms with Gasteiger partial charge in [0.15, 0.2) is 5.11 Å². The quantitative estimate of drug-likeness (QED) is 0.327. The van der Waals surface area contributed by atoms with Gasteiger partial charge in [0, 0.05) is 35.9 Å². The van der Waals surface area contributed by atoms with E-state index in [-0.39, 0.29) is 18.0 Å². The van der Waals surface area contributed by atoms with Crippen molar-refractivity contribution in [3.63, 3.8) is 0 Å². The Kier molecular flexibility index (Phi) is 6.67. The zero-order valence-electron chi connectivity index (χ0n) is 21.2. The fourth-order valence-corrected chi connectivity index (χ4v) is 5.49. The molecule has 1 saturated heterocycles. The zero-order chi connectivity index (χ0) is 26.1. The summed E-state index contributed by atoms with van der Waals surface area (Å²) in [5.41, 5.74) is 6.83. The maximum absolute atomic E-state index is 11.9. The molecule has 2 aromatic heterocycles. The molecule has 5 rings (SSSR count). The van der Waals surface area contributed by atoms with Crippen LogP contribution in [0.4, 0.5) is 11.4 Å². The van der Waals surface area contributed by atoms with Crippen molar-refractivity contribution in [3.8, 4) is 11.4 Å². The van der Waals surface area contributed by atoms with E-state index in [1.54, 1.807) is 13.3 Å². The third kappa shape index (κ3) is 4.56. The van der Waals surface area contributed by atoms with E-state index in [4.69, 9.17) is 17.0 Å². The molecule has 8 heteroatoms. The number of rotatable bonds is 6. The number of thiocarbonyl (C=S) groups is 1. The molecular formula is C29H29N5O2S. The molecule has 0 radical (unpaired) electrons. The number of hydrogen-bond acceptors (Lipinski definition) is 4. The number of nitrogens with one attached hydrogen (secondary N) is 2. The molecule has 0 unspecified atom stereocenters. The molecule has 0 aliphatic carbocycles. The van der Waals surface area contributed by atoms with E-state index in [0.29, 0.717) is 16.5 Å². The SMILES string of the molecule is COc1ccc(N2C(=S)N[C@@H](c3ccccn3)[C@H]2c2cc(C)n(-c3ccccc3)c2C)cc1NC(C)=O. The predicted octanol–water partition coefficient (Wildman–Crippen LogP) is 5.63. The lowest BCUT2D eigenvalue weighted by Crippen LogP contribution is -2.29. The molecule has 188 valence electrons. The predicted molar refractivity (Wildman–Crippen MR) is 150 cm³/mol. The lowest BCUT2D eigenvalue weighted by atomic mass is 9.96. The molecule has 2 N–H and O–H groups in total. The highest BCUT2D eigenvalue weighted by molar-refractivity contribution is 7.80. The van der Waals surface area contributed by atoms with Gasteiger partial charge in [-0.25, -0.2) is 0 Å². The van der Waals surface area contributed by atoms with Crippen LogP contribution in [0.2, 0.25) is 0 Å². The normalized spacial score (nSPS) is 17.0. The summed E-state index contributed by atoms with van der Waals surface area (Å²) < 4.78 is 7.75. The maximum atomic E-state index is 11.9. The second-order valence-corrected chi connectivity index (χ2v) is 9.45. The van der Waals surface area contributed by atoms with Crippen LogP contribution < -0.4 is 20.3 Å². The fraction of sp³-hybridized carbons (Fsp3) is 0.207. The van der Waals surface area contributed by atoms with E-state index in [1.165, 1.54) is 6.92 Å². The third-order valence-corrected chi connectivity index (χ3v) is 6.99. The molecule has 0 saturated carbocycles. The van der Waals surface area contributed by atoms with E-state index in [1.807, 2.05) is 54.6 Å². The Hall–Kier alpha value is -4.17. The number of para-hydroxylation sites is 1. The monoisotopic (exact) mass is 511 g/mol. The van der Waals surface area contributed by atoms with E-state index >= 15 is 0 Å². The summed E-state index contributed by atoms with van der Waals surface area (Å²) in [6, 6.07) is 23.8. The Labute approximate surface area is 222 Å². The smallest absolute Gasteiger partial charge is 0.221 e. The standard InChI is InChI=1S/C29H29N5O2S/c1-18-16-23(19(2)33(18)21-10-6-5-7-11-21)28-27(24-12-8-9-15-30-24)32-29(37)34(28)22-13-14-26(36-4)25(17-22)31-20(3)35/h5-17,27-28H,1-4H3,(H,31,35)(H,32,37)/t27-,28+/m0/s1. The average molecular weight is 512 g/mol. The molecule has 37 heavy (non-hydrogen) atoms. The summed E-state index contributed by atoms with van der Waals surface area (Å²) in [5, 5.41) is 6.98. The van der Waals surface area contributed by atoms with Crippen molar-refractivity contribution in [2.24, 2.45) is 0 Å². The number of amides is 1. The molecule has 0 bridgehead atoms. The first kappa shape index (κ1) is 24.5. The second kappa shape index (κ2) is 10.1. The van der Waals surface area contributed by atoms with Crippen molar-refractivity contribution in [1.82, 2.24) is 14.9 Å². The summed E-state index contributed by atoms with van der Waals surface area (Å²) in [5.74, 6) is 0.406.